The Bertz CT molecular complexity index is 542. The molecule has 0 spiro atoms. The van der Waals surface area contributed by atoms with Gasteiger partial charge in [0.1, 0.15) is 4.90 Å². The Balaban J connectivity index is 2.33. The quantitative estimate of drug-likeness (QED) is 0.851. The van der Waals surface area contributed by atoms with E-state index < -0.39 is 10.0 Å². The summed E-state index contributed by atoms with van der Waals surface area (Å²) >= 11 is 0. The molecule has 1 fully saturated rings. The maximum Gasteiger partial charge on any atom is 0.242 e. The first-order valence-corrected chi connectivity index (χ1v) is 7.61. The molecule has 0 saturated heterocycles. The van der Waals surface area contributed by atoms with Crippen LogP contribution in [0.2, 0.25) is 0 Å². The maximum absolute atomic E-state index is 12.2. The second-order valence-corrected chi connectivity index (χ2v) is 7.17. The number of aliphatic hydroxyl groups excluding tert-OH is 1. The van der Waals surface area contributed by atoms with Crippen LogP contribution in [-0.2, 0) is 16.6 Å². The highest BCUT2D eigenvalue weighted by Crippen LogP contribution is 2.36. The van der Waals surface area contributed by atoms with E-state index in [2.05, 4.69) is 4.72 Å². The lowest BCUT2D eigenvalue weighted by atomic mass is 10.3. The van der Waals surface area contributed by atoms with Crippen LogP contribution in [0.5, 0.6) is 0 Å². The average molecular weight is 272 g/mol. The van der Waals surface area contributed by atoms with Gasteiger partial charge >= 0.3 is 0 Å². The fraction of sp³-hybridized carbons (Fsp3) is 0.667. The summed E-state index contributed by atoms with van der Waals surface area (Å²) in [6.07, 6.45) is 3.35. The van der Waals surface area contributed by atoms with Crippen molar-refractivity contribution in [2.24, 2.45) is 0 Å². The van der Waals surface area contributed by atoms with E-state index in [0.29, 0.717) is 5.69 Å². The van der Waals surface area contributed by atoms with E-state index in [4.69, 9.17) is 0 Å². The standard InChI is InChI=1S/C12H20N2O3S/c1-9(2)14-7-11(6-10(14)8-15)18(16,17)13-12(3)4-5-12/h6-7,9,13,15H,4-5,8H2,1-3H3. The number of aliphatic hydroxyl groups is 1. The summed E-state index contributed by atoms with van der Waals surface area (Å²) in [6, 6.07) is 1.65. The fourth-order valence-corrected chi connectivity index (χ4v) is 3.44. The third kappa shape index (κ3) is 2.60. The van der Waals surface area contributed by atoms with Gasteiger partial charge < -0.3 is 9.67 Å². The molecular formula is C12H20N2O3S. The molecule has 0 aliphatic heterocycles. The average Bonchev–Trinajstić information content (AvgIpc) is 2.83. The molecule has 5 nitrogen and oxygen atoms in total. The molecule has 0 bridgehead atoms. The lowest BCUT2D eigenvalue weighted by molar-refractivity contribution is 0.268. The van der Waals surface area contributed by atoms with Crippen molar-refractivity contribution >= 4 is 10.0 Å². The molecule has 1 saturated carbocycles. The van der Waals surface area contributed by atoms with Gasteiger partial charge in [-0.15, -0.1) is 0 Å². The molecule has 1 aliphatic carbocycles. The van der Waals surface area contributed by atoms with E-state index in [9.17, 15) is 13.5 Å². The van der Waals surface area contributed by atoms with Crippen molar-refractivity contribution in [1.29, 1.82) is 0 Å². The molecule has 0 unspecified atom stereocenters. The predicted octanol–water partition coefficient (Wildman–Crippen LogP) is 1.39. The van der Waals surface area contributed by atoms with Crippen molar-refractivity contribution in [3.63, 3.8) is 0 Å². The van der Waals surface area contributed by atoms with Crippen LogP contribution in [0.4, 0.5) is 0 Å². The summed E-state index contributed by atoms with van der Waals surface area (Å²) < 4.78 is 28.9. The van der Waals surface area contributed by atoms with Gasteiger partial charge in [-0.2, -0.15) is 0 Å². The van der Waals surface area contributed by atoms with Gasteiger partial charge in [0.25, 0.3) is 0 Å². The third-order valence-electron chi connectivity index (χ3n) is 3.32. The second kappa shape index (κ2) is 4.36. The Kier molecular flexibility index (Phi) is 3.29. The van der Waals surface area contributed by atoms with Gasteiger partial charge in [0.15, 0.2) is 0 Å². The Hall–Kier alpha value is -0.850. The Morgan fingerprint density at radius 3 is 2.50 bits per heavy atom. The van der Waals surface area contributed by atoms with Crippen molar-refractivity contribution in [3.05, 3.63) is 18.0 Å². The molecule has 6 heteroatoms. The summed E-state index contributed by atoms with van der Waals surface area (Å²) in [6.45, 7) is 5.64. The first-order valence-electron chi connectivity index (χ1n) is 6.13. The van der Waals surface area contributed by atoms with Gasteiger partial charge in [0.2, 0.25) is 10.0 Å². The van der Waals surface area contributed by atoms with Crippen molar-refractivity contribution in [3.8, 4) is 0 Å². The highest BCUT2D eigenvalue weighted by Gasteiger charge is 2.41. The monoisotopic (exact) mass is 272 g/mol. The van der Waals surface area contributed by atoms with Crippen molar-refractivity contribution in [2.45, 2.75) is 56.7 Å². The van der Waals surface area contributed by atoms with Crippen molar-refractivity contribution in [2.75, 3.05) is 0 Å². The van der Waals surface area contributed by atoms with Crippen LogP contribution in [0.15, 0.2) is 17.2 Å². The Labute approximate surface area is 108 Å². The molecule has 0 aromatic carbocycles. The number of hydrogen-bond donors (Lipinski definition) is 2. The number of hydrogen-bond acceptors (Lipinski definition) is 3. The summed E-state index contributed by atoms with van der Waals surface area (Å²) in [5, 5.41) is 9.26. The zero-order chi connectivity index (χ0) is 13.6. The fourth-order valence-electron chi connectivity index (χ4n) is 1.92. The first-order chi connectivity index (χ1) is 8.27. The minimum atomic E-state index is -3.48. The van der Waals surface area contributed by atoms with Crippen molar-refractivity contribution in [1.82, 2.24) is 9.29 Å². The van der Waals surface area contributed by atoms with Gasteiger partial charge in [-0.3, -0.25) is 0 Å². The largest absolute Gasteiger partial charge is 0.390 e. The van der Waals surface area contributed by atoms with Crippen LogP contribution in [0.1, 0.15) is 45.3 Å². The topological polar surface area (TPSA) is 71.3 Å². The lowest BCUT2D eigenvalue weighted by Crippen LogP contribution is -2.34. The van der Waals surface area contributed by atoms with E-state index in [1.165, 1.54) is 6.07 Å². The van der Waals surface area contributed by atoms with Crippen LogP contribution in [-0.4, -0.2) is 23.6 Å². The Morgan fingerprint density at radius 2 is 2.11 bits per heavy atom. The lowest BCUT2D eigenvalue weighted by Gasteiger charge is -2.11. The Morgan fingerprint density at radius 1 is 1.50 bits per heavy atom. The zero-order valence-electron chi connectivity index (χ0n) is 11.0. The molecular weight excluding hydrogens is 252 g/mol. The number of nitrogens with zero attached hydrogens (tertiary/aromatic N) is 1. The highest BCUT2D eigenvalue weighted by molar-refractivity contribution is 7.89. The van der Waals surface area contributed by atoms with Crippen LogP contribution in [0, 0.1) is 0 Å². The molecule has 1 aromatic rings. The molecule has 102 valence electrons. The minimum absolute atomic E-state index is 0.118. The number of sulfonamides is 1. The van der Waals surface area contributed by atoms with Crippen LogP contribution >= 0.6 is 0 Å². The molecule has 1 aromatic heterocycles. The molecule has 2 rings (SSSR count). The number of rotatable bonds is 5. The molecule has 1 aliphatic rings. The minimum Gasteiger partial charge on any atom is -0.390 e. The molecule has 0 atom stereocenters. The summed E-state index contributed by atoms with van der Waals surface area (Å²) in [7, 11) is -3.48. The van der Waals surface area contributed by atoms with Gasteiger partial charge in [-0.25, -0.2) is 13.1 Å². The molecule has 0 amide bonds. The summed E-state index contributed by atoms with van der Waals surface area (Å²) in [4.78, 5) is 0.230. The van der Waals surface area contributed by atoms with E-state index in [-0.39, 0.29) is 23.1 Å². The highest BCUT2D eigenvalue weighted by atomic mass is 32.2. The van der Waals surface area contributed by atoms with Gasteiger partial charge in [0.05, 0.1) is 6.61 Å². The van der Waals surface area contributed by atoms with Gasteiger partial charge in [-0.1, -0.05) is 0 Å². The third-order valence-corrected chi connectivity index (χ3v) is 4.92. The van der Waals surface area contributed by atoms with Crippen LogP contribution < -0.4 is 4.72 Å². The molecule has 18 heavy (non-hydrogen) atoms. The molecule has 0 radical (unpaired) electrons. The number of nitrogens with one attached hydrogen (secondary N) is 1. The van der Waals surface area contributed by atoms with Crippen molar-refractivity contribution < 1.29 is 13.5 Å². The van der Waals surface area contributed by atoms with Crippen LogP contribution in [0.3, 0.4) is 0 Å². The van der Waals surface area contributed by atoms with Crippen LogP contribution in [0.25, 0.3) is 0 Å². The van der Waals surface area contributed by atoms with E-state index in [1.54, 1.807) is 10.8 Å². The molecule has 1 heterocycles. The van der Waals surface area contributed by atoms with E-state index in [0.717, 1.165) is 12.8 Å². The van der Waals surface area contributed by atoms with Gasteiger partial charge in [0, 0.05) is 23.5 Å². The van der Waals surface area contributed by atoms with E-state index >= 15 is 0 Å². The van der Waals surface area contributed by atoms with Gasteiger partial charge in [-0.05, 0) is 39.7 Å². The zero-order valence-corrected chi connectivity index (χ0v) is 11.8. The maximum atomic E-state index is 12.2. The predicted molar refractivity (Wildman–Crippen MR) is 68.7 cm³/mol. The van der Waals surface area contributed by atoms with E-state index in [1.807, 2.05) is 20.8 Å². The molecule has 2 N–H and O–H groups in total. The SMILES string of the molecule is CC(C)n1cc(S(=O)(=O)NC2(C)CC2)cc1CO. The number of aromatic nitrogens is 1. The smallest absolute Gasteiger partial charge is 0.242 e. The first kappa shape index (κ1) is 13.6. The normalized spacial score (nSPS) is 18.3. The summed E-state index contributed by atoms with van der Waals surface area (Å²) in [5.41, 5.74) is 0.337. The second-order valence-electron chi connectivity index (χ2n) is 5.49. The summed E-state index contributed by atoms with van der Waals surface area (Å²) in [5.74, 6) is 0.